The number of halogens is 3. The minimum Gasteiger partial charge on any atom is -0.481 e. The van der Waals surface area contributed by atoms with Gasteiger partial charge in [0.2, 0.25) is 0 Å². The first-order valence-electron chi connectivity index (χ1n) is 5.45. The van der Waals surface area contributed by atoms with E-state index in [2.05, 4.69) is 10.3 Å². The number of oxazole rings is 1. The van der Waals surface area contributed by atoms with E-state index >= 15 is 0 Å². The second-order valence-electron chi connectivity index (χ2n) is 3.92. The Labute approximate surface area is 111 Å². The van der Waals surface area contributed by atoms with E-state index < -0.39 is 17.7 Å². The van der Waals surface area contributed by atoms with Crippen molar-refractivity contribution in [3.63, 3.8) is 0 Å². The number of hydrogen-bond donors (Lipinski definition) is 2. The van der Waals surface area contributed by atoms with Crippen LogP contribution >= 0.6 is 0 Å². The molecule has 0 atom stereocenters. The Morgan fingerprint density at radius 1 is 1.40 bits per heavy atom. The van der Waals surface area contributed by atoms with Crippen molar-refractivity contribution in [2.75, 3.05) is 5.32 Å². The number of hydrogen-bond acceptors (Lipinski definition) is 4. The van der Waals surface area contributed by atoms with Crippen molar-refractivity contribution in [1.29, 1.82) is 0 Å². The summed E-state index contributed by atoms with van der Waals surface area (Å²) in [7, 11) is 0. The summed E-state index contributed by atoms with van der Waals surface area (Å²) in [5, 5.41) is 11.1. The van der Waals surface area contributed by atoms with Crippen LogP contribution in [0.15, 0.2) is 34.9 Å². The Bertz CT molecular complexity index is 622. The predicted octanol–water partition coefficient (Wildman–Crippen LogP) is 3.06. The number of aliphatic carboxylic acids is 1. The number of nitrogens with zero attached hydrogens (tertiary/aromatic N) is 1. The van der Waals surface area contributed by atoms with Crippen LogP contribution < -0.4 is 5.32 Å². The quantitative estimate of drug-likeness (QED) is 0.903. The van der Waals surface area contributed by atoms with E-state index in [9.17, 15) is 18.0 Å². The average molecular weight is 286 g/mol. The first kappa shape index (κ1) is 13.9. The summed E-state index contributed by atoms with van der Waals surface area (Å²) in [5.74, 6) is -1.08. The van der Waals surface area contributed by atoms with Gasteiger partial charge >= 0.3 is 12.1 Å². The third-order valence-corrected chi connectivity index (χ3v) is 2.33. The van der Waals surface area contributed by atoms with Gasteiger partial charge in [-0.15, -0.1) is 0 Å². The Hall–Kier alpha value is -2.51. The van der Waals surface area contributed by atoms with Crippen molar-refractivity contribution in [3.05, 3.63) is 41.8 Å². The van der Waals surface area contributed by atoms with Crippen molar-refractivity contribution in [1.82, 2.24) is 4.98 Å². The van der Waals surface area contributed by atoms with Gasteiger partial charge in [0.25, 0.3) is 6.01 Å². The van der Waals surface area contributed by atoms with Crippen LogP contribution in [0.4, 0.5) is 24.9 Å². The molecule has 0 aliphatic heterocycles. The smallest absolute Gasteiger partial charge is 0.416 e. The molecule has 2 rings (SSSR count). The highest BCUT2D eigenvalue weighted by atomic mass is 19.4. The van der Waals surface area contributed by atoms with Gasteiger partial charge in [-0.3, -0.25) is 4.79 Å². The van der Waals surface area contributed by atoms with Gasteiger partial charge in [-0.25, -0.2) is 0 Å². The maximum absolute atomic E-state index is 12.5. The molecule has 1 aromatic carbocycles. The predicted molar refractivity (Wildman–Crippen MR) is 62.6 cm³/mol. The molecule has 2 aromatic rings. The van der Waals surface area contributed by atoms with Gasteiger partial charge in [-0.05, 0) is 18.2 Å². The SMILES string of the molecule is O=C(O)Cc1coc(Nc2cccc(C(F)(F)F)c2)n1. The Balaban J connectivity index is 2.14. The van der Waals surface area contributed by atoms with Gasteiger partial charge in [-0.2, -0.15) is 18.2 Å². The average Bonchev–Trinajstić information content (AvgIpc) is 2.75. The van der Waals surface area contributed by atoms with E-state index in [1.807, 2.05) is 0 Å². The van der Waals surface area contributed by atoms with E-state index in [0.29, 0.717) is 0 Å². The van der Waals surface area contributed by atoms with E-state index in [0.717, 1.165) is 18.4 Å². The second-order valence-corrected chi connectivity index (χ2v) is 3.92. The zero-order valence-corrected chi connectivity index (χ0v) is 9.94. The number of benzene rings is 1. The monoisotopic (exact) mass is 286 g/mol. The van der Waals surface area contributed by atoms with Crippen LogP contribution in [-0.4, -0.2) is 16.1 Å². The molecule has 1 aromatic heterocycles. The zero-order valence-electron chi connectivity index (χ0n) is 9.94. The fraction of sp³-hybridized carbons (Fsp3) is 0.167. The van der Waals surface area contributed by atoms with Crippen molar-refractivity contribution in [2.45, 2.75) is 12.6 Å². The molecule has 8 heteroatoms. The number of alkyl halides is 3. The topological polar surface area (TPSA) is 75.4 Å². The van der Waals surface area contributed by atoms with Crippen molar-refractivity contribution in [2.24, 2.45) is 0 Å². The molecule has 0 saturated heterocycles. The van der Waals surface area contributed by atoms with Gasteiger partial charge in [0.05, 0.1) is 17.7 Å². The molecule has 0 amide bonds. The van der Waals surface area contributed by atoms with E-state index in [4.69, 9.17) is 9.52 Å². The van der Waals surface area contributed by atoms with E-state index in [-0.39, 0.29) is 23.8 Å². The number of carbonyl (C=O) groups is 1. The molecule has 1 heterocycles. The normalized spacial score (nSPS) is 11.3. The summed E-state index contributed by atoms with van der Waals surface area (Å²) in [4.78, 5) is 14.3. The lowest BCUT2D eigenvalue weighted by molar-refractivity contribution is -0.138. The lowest BCUT2D eigenvalue weighted by Crippen LogP contribution is -2.05. The first-order valence-corrected chi connectivity index (χ1v) is 5.45. The Kier molecular flexibility index (Phi) is 3.64. The standard InChI is InChI=1S/C12H9F3N2O3/c13-12(14,15)7-2-1-3-8(4-7)16-11-17-9(6-20-11)5-10(18)19/h1-4,6H,5H2,(H,16,17)(H,18,19). The van der Waals surface area contributed by atoms with Crippen LogP contribution in [0.3, 0.4) is 0 Å². The Morgan fingerprint density at radius 3 is 2.80 bits per heavy atom. The van der Waals surface area contributed by atoms with Crippen LogP contribution in [0.1, 0.15) is 11.3 Å². The molecule has 0 saturated carbocycles. The maximum atomic E-state index is 12.5. The van der Waals surface area contributed by atoms with Crippen molar-refractivity contribution in [3.8, 4) is 0 Å². The number of carboxylic acid groups (broad SMARTS) is 1. The molecular weight excluding hydrogens is 277 g/mol. The zero-order chi connectivity index (χ0) is 14.8. The number of anilines is 2. The summed E-state index contributed by atoms with van der Waals surface area (Å²) in [6.07, 6.45) is -3.64. The van der Waals surface area contributed by atoms with Gasteiger partial charge in [-0.1, -0.05) is 6.07 Å². The number of rotatable bonds is 4. The lowest BCUT2D eigenvalue weighted by Gasteiger charge is -2.08. The van der Waals surface area contributed by atoms with Gasteiger partial charge in [0.15, 0.2) is 0 Å². The van der Waals surface area contributed by atoms with E-state index in [1.54, 1.807) is 0 Å². The summed E-state index contributed by atoms with van der Waals surface area (Å²) >= 11 is 0. The minimum atomic E-state index is -4.44. The molecule has 0 spiro atoms. The van der Waals surface area contributed by atoms with Crippen LogP contribution in [0.5, 0.6) is 0 Å². The van der Waals surface area contributed by atoms with Crippen LogP contribution in [0.2, 0.25) is 0 Å². The summed E-state index contributed by atoms with van der Waals surface area (Å²) in [6, 6.07) is 4.43. The maximum Gasteiger partial charge on any atom is 0.416 e. The number of nitrogens with one attached hydrogen (secondary N) is 1. The minimum absolute atomic E-state index is 0.0689. The van der Waals surface area contributed by atoms with Gasteiger partial charge in [0.1, 0.15) is 6.26 Å². The van der Waals surface area contributed by atoms with Crippen molar-refractivity contribution < 1.29 is 27.5 Å². The molecule has 0 fully saturated rings. The van der Waals surface area contributed by atoms with Crippen LogP contribution in [-0.2, 0) is 17.4 Å². The molecule has 0 radical (unpaired) electrons. The first-order chi connectivity index (χ1) is 9.34. The molecular formula is C12H9F3N2O3. The lowest BCUT2D eigenvalue weighted by atomic mass is 10.2. The molecule has 0 aliphatic rings. The third-order valence-electron chi connectivity index (χ3n) is 2.33. The van der Waals surface area contributed by atoms with E-state index in [1.165, 1.54) is 12.1 Å². The highest BCUT2D eigenvalue weighted by Gasteiger charge is 2.30. The second kappa shape index (κ2) is 5.24. The summed E-state index contributed by atoms with van der Waals surface area (Å²) in [6.45, 7) is 0. The number of aromatic nitrogens is 1. The molecule has 5 nitrogen and oxygen atoms in total. The van der Waals surface area contributed by atoms with Gasteiger partial charge in [0, 0.05) is 5.69 Å². The molecule has 0 aliphatic carbocycles. The highest BCUT2D eigenvalue weighted by molar-refractivity contribution is 5.69. The van der Waals surface area contributed by atoms with Crippen LogP contribution in [0.25, 0.3) is 0 Å². The largest absolute Gasteiger partial charge is 0.481 e. The molecule has 2 N–H and O–H groups in total. The molecule has 20 heavy (non-hydrogen) atoms. The fourth-order valence-corrected chi connectivity index (χ4v) is 1.50. The number of carboxylic acids is 1. The van der Waals surface area contributed by atoms with Crippen LogP contribution in [0, 0.1) is 0 Å². The Morgan fingerprint density at radius 2 is 2.15 bits per heavy atom. The molecule has 0 bridgehead atoms. The third kappa shape index (κ3) is 3.50. The fourth-order valence-electron chi connectivity index (χ4n) is 1.50. The van der Waals surface area contributed by atoms with Crippen molar-refractivity contribution >= 4 is 17.7 Å². The molecule has 0 unspecified atom stereocenters. The van der Waals surface area contributed by atoms with Gasteiger partial charge < -0.3 is 14.8 Å². The summed E-state index contributed by atoms with van der Waals surface area (Å²) < 4.78 is 42.5. The molecule has 106 valence electrons. The highest BCUT2D eigenvalue weighted by Crippen LogP contribution is 2.31. The summed E-state index contributed by atoms with van der Waals surface area (Å²) in [5.41, 5.74) is -0.490.